The average molecular weight is 315 g/mol. The fourth-order valence-electron chi connectivity index (χ4n) is 3.08. The summed E-state index contributed by atoms with van der Waals surface area (Å²) in [6.45, 7) is 7.85. The van der Waals surface area contributed by atoms with Gasteiger partial charge in [-0.1, -0.05) is 43.1 Å². The molecule has 2 atom stereocenters. The van der Waals surface area contributed by atoms with Crippen LogP contribution in [0.5, 0.6) is 0 Å². The first-order chi connectivity index (χ1) is 9.65. The Bertz CT molecular complexity index is 436. The molecule has 1 saturated heterocycles. The van der Waals surface area contributed by atoms with Gasteiger partial charge in [0.05, 0.1) is 0 Å². The number of halogens is 2. The number of benzene rings is 1. The molecule has 0 amide bonds. The third kappa shape index (κ3) is 3.88. The van der Waals surface area contributed by atoms with Crippen molar-refractivity contribution in [2.45, 2.75) is 45.2 Å². The standard InChI is InChI=1S/C16H24Cl2N2/c1-3-16(14-8-7-12(17)10-15(14)18)19-11-13-6-5-9-20(13)4-2/h7-8,10,13,16,19H,3-6,9,11H2,1-2H3. The molecule has 1 aliphatic rings. The molecule has 2 nitrogen and oxygen atoms in total. The molecule has 0 aromatic heterocycles. The minimum Gasteiger partial charge on any atom is -0.308 e. The van der Waals surface area contributed by atoms with E-state index in [4.69, 9.17) is 23.2 Å². The van der Waals surface area contributed by atoms with E-state index >= 15 is 0 Å². The second-order valence-electron chi connectivity index (χ2n) is 5.46. The molecule has 112 valence electrons. The molecule has 1 aromatic carbocycles. The van der Waals surface area contributed by atoms with E-state index in [1.165, 1.54) is 19.4 Å². The molecule has 0 spiro atoms. The third-order valence-electron chi connectivity index (χ3n) is 4.25. The van der Waals surface area contributed by atoms with Crippen LogP contribution in [-0.4, -0.2) is 30.6 Å². The van der Waals surface area contributed by atoms with E-state index in [9.17, 15) is 0 Å². The van der Waals surface area contributed by atoms with Crippen molar-refractivity contribution >= 4 is 23.2 Å². The predicted octanol–water partition coefficient (Wildman–Crippen LogP) is 4.52. The van der Waals surface area contributed by atoms with Gasteiger partial charge in [0.25, 0.3) is 0 Å². The maximum Gasteiger partial charge on any atom is 0.0468 e. The Balaban J connectivity index is 1.98. The second-order valence-corrected chi connectivity index (χ2v) is 6.30. The van der Waals surface area contributed by atoms with Crippen LogP contribution in [0.25, 0.3) is 0 Å². The highest BCUT2D eigenvalue weighted by Gasteiger charge is 2.23. The molecule has 0 saturated carbocycles. The lowest BCUT2D eigenvalue weighted by molar-refractivity contribution is 0.253. The number of nitrogens with one attached hydrogen (secondary N) is 1. The number of likely N-dealkylation sites (tertiary alicyclic amines) is 1. The molecule has 0 bridgehead atoms. The molecule has 2 unspecified atom stereocenters. The summed E-state index contributed by atoms with van der Waals surface area (Å²) < 4.78 is 0. The minimum absolute atomic E-state index is 0.305. The number of nitrogens with zero attached hydrogens (tertiary/aromatic N) is 1. The van der Waals surface area contributed by atoms with E-state index in [1.54, 1.807) is 0 Å². The van der Waals surface area contributed by atoms with Gasteiger partial charge in [-0.05, 0) is 50.0 Å². The Hall–Kier alpha value is -0.280. The quantitative estimate of drug-likeness (QED) is 0.830. The van der Waals surface area contributed by atoms with E-state index in [2.05, 4.69) is 24.1 Å². The molecular weight excluding hydrogens is 291 g/mol. The first-order valence-corrected chi connectivity index (χ1v) is 8.33. The fraction of sp³-hybridized carbons (Fsp3) is 0.625. The average Bonchev–Trinajstić information content (AvgIpc) is 2.88. The van der Waals surface area contributed by atoms with Gasteiger partial charge in [0.2, 0.25) is 0 Å². The summed E-state index contributed by atoms with van der Waals surface area (Å²) >= 11 is 12.3. The van der Waals surface area contributed by atoms with Gasteiger partial charge >= 0.3 is 0 Å². The highest BCUT2D eigenvalue weighted by atomic mass is 35.5. The van der Waals surface area contributed by atoms with Crippen molar-refractivity contribution in [1.29, 1.82) is 0 Å². The number of hydrogen-bond donors (Lipinski definition) is 1. The molecule has 1 N–H and O–H groups in total. The molecule has 1 heterocycles. The van der Waals surface area contributed by atoms with E-state index in [0.29, 0.717) is 17.1 Å². The van der Waals surface area contributed by atoms with Crippen molar-refractivity contribution in [2.75, 3.05) is 19.6 Å². The smallest absolute Gasteiger partial charge is 0.0468 e. The lowest BCUT2D eigenvalue weighted by Crippen LogP contribution is -2.39. The largest absolute Gasteiger partial charge is 0.308 e. The van der Waals surface area contributed by atoms with Gasteiger partial charge in [-0.2, -0.15) is 0 Å². The number of likely N-dealkylation sites (N-methyl/N-ethyl adjacent to an activating group) is 1. The third-order valence-corrected chi connectivity index (χ3v) is 4.81. The van der Waals surface area contributed by atoms with Crippen LogP contribution in [-0.2, 0) is 0 Å². The minimum atomic E-state index is 0.305. The molecule has 1 aliphatic heterocycles. The second kappa shape index (κ2) is 7.65. The van der Waals surface area contributed by atoms with E-state index in [-0.39, 0.29) is 0 Å². The lowest BCUT2D eigenvalue weighted by atomic mass is 10.0. The van der Waals surface area contributed by atoms with Crippen LogP contribution in [0.2, 0.25) is 10.0 Å². The highest BCUT2D eigenvalue weighted by molar-refractivity contribution is 6.35. The summed E-state index contributed by atoms with van der Waals surface area (Å²) in [6.07, 6.45) is 3.64. The maximum absolute atomic E-state index is 6.32. The van der Waals surface area contributed by atoms with Crippen molar-refractivity contribution in [2.24, 2.45) is 0 Å². The van der Waals surface area contributed by atoms with E-state index in [0.717, 1.165) is 30.1 Å². The molecule has 2 rings (SSSR count). The van der Waals surface area contributed by atoms with Gasteiger partial charge in [0.15, 0.2) is 0 Å². The Kier molecular flexibility index (Phi) is 6.16. The van der Waals surface area contributed by atoms with Gasteiger partial charge in [0.1, 0.15) is 0 Å². The van der Waals surface area contributed by atoms with E-state index < -0.39 is 0 Å². The van der Waals surface area contributed by atoms with Crippen LogP contribution < -0.4 is 5.32 Å². The van der Waals surface area contributed by atoms with Gasteiger partial charge in [-0.25, -0.2) is 0 Å². The van der Waals surface area contributed by atoms with Crippen LogP contribution in [0, 0.1) is 0 Å². The van der Waals surface area contributed by atoms with Crippen LogP contribution in [0.1, 0.15) is 44.7 Å². The molecular formula is C16H24Cl2N2. The van der Waals surface area contributed by atoms with Crippen molar-refractivity contribution in [3.05, 3.63) is 33.8 Å². The molecule has 20 heavy (non-hydrogen) atoms. The Morgan fingerprint density at radius 1 is 1.35 bits per heavy atom. The van der Waals surface area contributed by atoms with Gasteiger partial charge < -0.3 is 5.32 Å². The zero-order valence-electron chi connectivity index (χ0n) is 12.3. The van der Waals surface area contributed by atoms with Gasteiger partial charge in [0, 0.05) is 28.7 Å². The zero-order chi connectivity index (χ0) is 14.5. The zero-order valence-corrected chi connectivity index (χ0v) is 13.8. The van der Waals surface area contributed by atoms with Crippen molar-refractivity contribution in [3.63, 3.8) is 0 Å². The van der Waals surface area contributed by atoms with Gasteiger partial charge in [-0.15, -0.1) is 0 Å². The van der Waals surface area contributed by atoms with Gasteiger partial charge in [-0.3, -0.25) is 4.90 Å². The van der Waals surface area contributed by atoms with Crippen LogP contribution in [0.15, 0.2) is 18.2 Å². The van der Waals surface area contributed by atoms with Crippen molar-refractivity contribution in [3.8, 4) is 0 Å². The highest BCUT2D eigenvalue weighted by Crippen LogP contribution is 2.28. The predicted molar refractivity (Wildman–Crippen MR) is 87.8 cm³/mol. The van der Waals surface area contributed by atoms with Crippen LogP contribution in [0.3, 0.4) is 0 Å². The van der Waals surface area contributed by atoms with Crippen LogP contribution >= 0.6 is 23.2 Å². The summed E-state index contributed by atoms with van der Waals surface area (Å²) in [5.74, 6) is 0. The van der Waals surface area contributed by atoms with Crippen molar-refractivity contribution < 1.29 is 0 Å². The summed E-state index contributed by atoms with van der Waals surface area (Å²) in [6, 6.07) is 6.76. The molecule has 1 aromatic rings. The first kappa shape index (κ1) is 16.1. The Morgan fingerprint density at radius 3 is 2.80 bits per heavy atom. The monoisotopic (exact) mass is 314 g/mol. The normalized spacial score (nSPS) is 21.3. The fourth-order valence-corrected chi connectivity index (χ4v) is 3.62. The van der Waals surface area contributed by atoms with Crippen LogP contribution in [0.4, 0.5) is 0 Å². The molecule has 0 radical (unpaired) electrons. The molecule has 0 aliphatic carbocycles. The summed E-state index contributed by atoms with van der Waals surface area (Å²) in [4.78, 5) is 2.56. The molecule has 4 heteroatoms. The lowest BCUT2D eigenvalue weighted by Gasteiger charge is -2.26. The Labute approximate surface area is 132 Å². The SMILES string of the molecule is CCC(NCC1CCCN1CC)c1ccc(Cl)cc1Cl. The van der Waals surface area contributed by atoms with Crippen molar-refractivity contribution in [1.82, 2.24) is 10.2 Å². The van der Waals surface area contributed by atoms with E-state index in [1.807, 2.05) is 18.2 Å². The first-order valence-electron chi connectivity index (χ1n) is 7.58. The Morgan fingerprint density at radius 2 is 2.15 bits per heavy atom. The summed E-state index contributed by atoms with van der Waals surface area (Å²) in [5, 5.41) is 5.14. The number of hydrogen-bond acceptors (Lipinski definition) is 2. The number of rotatable bonds is 6. The topological polar surface area (TPSA) is 15.3 Å². The maximum atomic E-state index is 6.32. The molecule has 1 fully saturated rings. The summed E-state index contributed by atoms with van der Waals surface area (Å²) in [7, 11) is 0. The summed E-state index contributed by atoms with van der Waals surface area (Å²) in [5.41, 5.74) is 1.15.